The minimum atomic E-state index is -0.522. The monoisotopic (exact) mass is 215 g/mol. The van der Waals surface area contributed by atoms with Gasteiger partial charge in [0.25, 0.3) is 0 Å². The Hall–Kier alpha value is -1.10. The number of ketones is 1. The molecule has 0 fully saturated rings. The van der Waals surface area contributed by atoms with Gasteiger partial charge in [-0.25, -0.2) is 4.79 Å². The maximum Gasteiger partial charge on any atom is 0.312 e. The van der Waals surface area contributed by atoms with Crippen LogP contribution in [0.1, 0.15) is 33.6 Å². The van der Waals surface area contributed by atoms with Gasteiger partial charge in [0, 0.05) is 12.6 Å². The normalized spacial score (nSPS) is 12.5. The molecule has 0 aromatic rings. The minimum Gasteiger partial charge on any atom is -0.352 e. The van der Waals surface area contributed by atoms with Gasteiger partial charge >= 0.3 is 6.03 Å². The second-order valence-electron chi connectivity index (χ2n) is 3.92. The molecule has 5 heteroatoms. The topological polar surface area (TPSA) is 84.2 Å². The molecule has 0 bridgehead atoms. The number of Topliss-reactive ketones (excluding diaryl/α,β-unsaturated/α-hetero) is 1. The van der Waals surface area contributed by atoms with Crippen LogP contribution in [-0.2, 0) is 4.79 Å². The van der Waals surface area contributed by atoms with E-state index in [1.165, 1.54) is 0 Å². The van der Waals surface area contributed by atoms with Crippen molar-refractivity contribution < 1.29 is 9.59 Å². The lowest BCUT2D eigenvalue weighted by Crippen LogP contribution is -2.40. The first kappa shape index (κ1) is 13.9. The van der Waals surface area contributed by atoms with E-state index in [0.717, 1.165) is 6.42 Å². The highest BCUT2D eigenvalue weighted by atomic mass is 16.2. The maximum absolute atomic E-state index is 11.2. The van der Waals surface area contributed by atoms with E-state index in [1.807, 2.05) is 13.8 Å². The lowest BCUT2D eigenvalue weighted by atomic mass is 10.1. The third-order valence-corrected chi connectivity index (χ3v) is 1.99. The standard InChI is InChI=1S/C10H21N3O2/c1-7(2)13-9(8(3)14)5-4-6-12-10(11)15/h7,9,13H,4-6H2,1-3H3,(H3,11,12,15). The average Bonchev–Trinajstić information content (AvgIpc) is 2.08. The fraction of sp³-hybridized carbons (Fsp3) is 0.800. The summed E-state index contributed by atoms with van der Waals surface area (Å²) < 4.78 is 0. The Morgan fingerprint density at radius 1 is 1.33 bits per heavy atom. The second-order valence-corrected chi connectivity index (χ2v) is 3.92. The molecule has 15 heavy (non-hydrogen) atoms. The number of urea groups is 1. The number of hydrogen-bond donors (Lipinski definition) is 3. The lowest BCUT2D eigenvalue weighted by Gasteiger charge is -2.18. The molecule has 0 spiro atoms. The number of nitrogens with two attached hydrogens (primary N) is 1. The number of rotatable bonds is 7. The van der Waals surface area contributed by atoms with Crippen LogP contribution in [0.2, 0.25) is 0 Å². The Labute approximate surface area is 90.8 Å². The molecule has 0 aromatic heterocycles. The predicted molar refractivity (Wildman–Crippen MR) is 59.6 cm³/mol. The Morgan fingerprint density at radius 3 is 2.33 bits per heavy atom. The molecule has 0 heterocycles. The molecule has 0 aliphatic carbocycles. The Morgan fingerprint density at radius 2 is 1.93 bits per heavy atom. The van der Waals surface area contributed by atoms with Gasteiger partial charge in [-0.3, -0.25) is 4.79 Å². The van der Waals surface area contributed by atoms with Crippen molar-refractivity contribution in [2.24, 2.45) is 5.73 Å². The fourth-order valence-corrected chi connectivity index (χ4v) is 1.32. The van der Waals surface area contributed by atoms with Gasteiger partial charge in [0.1, 0.15) is 5.78 Å². The van der Waals surface area contributed by atoms with Crippen molar-refractivity contribution >= 4 is 11.8 Å². The summed E-state index contributed by atoms with van der Waals surface area (Å²) in [6.07, 6.45) is 1.46. The van der Waals surface area contributed by atoms with Crippen LogP contribution in [0.5, 0.6) is 0 Å². The smallest absolute Gasteiger partial charge is 0.312 e. The molecule has 4 N–H and O–H groups in total. The Kier molecular flexibility index (Phi) is 6.70. The first-order chi connectivity index (χ1) is 6.93. The molecule has 1 atom stereocenters. The number of amides is 2. The first-order valence-corrected chi connectivity index (χ1v) is 5.23. The van der Waals surface area contributed by atoms with E-state index in [0.29, 0.717) is 13.0 Å². The number of primary amides is 1. The van der Waals surface area contributed by atoms with Gasteiger partial charge in [-0.1, -0.05) is 13.8 Å². The van der Waals surface area contributed by atoms with Gasteiger partial charge in [0.2, 0.25) is 0 Å². The predicted octanol–water partition coefficient (Wildman–Crippen LogP) is 0.391. The summed E-state index contributed by atoms with van der Waals surface area (Å²) in [5.74, 6) is 0.128. The van der Waals surface area contributed by atoms with Crippen LogP contribution in [0.15, 0.2) is 0 Å². The Bertz CT molecular complexity index is 217. The van der Waals surface area contributed by atoms with Crippen LogP contribution >= 0.6 is 0 Å². The lowest BCUT2D eigenvalue weighted by molar-refractivity contribution is -0.119. The molecule has 1 unspecified atom stereocenters. The highest BCUT2D eigenvalue weighted by Crippen LogP contribution is 1.99. The summed E-state index contributed by atoms with van der Waals surface area (Å²) in [4.78, 5) is 21.6. The van der Waals surface area contributed by atoms with Gasteiger partial charge in [-0.05, 0) is 19.8 Å². The van der Waals surface area contributed by atoms with Crippen molar-refractivity contribution in [1.82, 2.24) is 10.6 Å². The highest BCUT2D eigenvalue weighted by Gasteiger charge is 2.13. The number of nitrogens with one attached hydrogen (secondary N) is 2. The van der Waals surface area contributed by atoms with Crippen molar-refractivity contribution in [2.75, 3.05) is 6.54 Å². The molecule has 5 nitrogen and oxygen atoms in total. The Balaban J connectivity index is 3.76. The molecule has 0 rings (SSSR count). The number of hydrogen-bond acceptors (Lipinski definition) is 3. The van der Waals surface area contributed by atoms with E-state index < -0.39 is 6.03 Å². The highest BCUT2D eigenvalue weighted by molar-refractivity contribution is 5.81. The zero-order valence-corrected chi connectivity index (χ0v) is 9.67. The van der Waals surface area contributed by atoms with Crippen LogP contribution in [0, 0.1) is 0 Å². The van der Waals surface area contributed by atoms with E-state index in [9.17, 15) is 9.59 Å². The van der Waals surface area contributed by atoms with Crippen molar-refractivity contribution in [2.45, 2.75) is 45.7 Å². The van der Waals surface area contributed by atoms with Crippen molar-refractivity contribution in [3.8, 4) is 0 Å². The van der Waals surface area contributed by atoms with Crippen LogP contribution < -0.4 is 16.4 Å². The summed E-state index contributed by atoms with van der Waals surface area (Å²) >= 11 is 0. The van der Waals surface area contributed by atoms with Gasteiger partial charge < -0.3 is 16.4 Å². The van der Waals surface area contributed by atoms with Crippen molar-refractivity contribution in [3.05, 3.63) is 0 Å². The molecule has 88 valence electrons. The van der Waals surface area contributed by atoms with Crippen molar-refractivity contribution in [1.29, 1.82) is 0 Å². The number of carbonyl (C=O) groups excluding carboxylic acids is 2. The van der Waals surface area contributed by atoms with Crippen LogP contribution in [-0.4, -0.2) is 30.4 Å². The number of carbonyl (C=O) groups is 2. The summed E-state index contributed by atoms with van der Waals surface area (Å²) in [5, 5.41) is 5.67. The molecule has 0 saturated carbocycles. The molecular weight excluding hydrogens is 194 g/mol. The van der Waals surface area contributed by atoms with E-state index in [2.05, 4.69) is 10.6 Å². The summed E-state index contributed by atoms with van der Waals surface area (Å²) in [6.45, 7) is 6.08. The minimum absolute atomic E-state index is 0.125. The second kappa shape index (κ2) is 7.23. The van der Waals surface area contributed by atoms with E-state index >= 15 is 0 Å². The molecule has 0 radical (unpaired) electrons. The zero-order chi connectivity index (χ0) is 11.8. The van der Waals surface area contributed by atoms with E-state index in [1.54, 1.807) is 6.92 Å². The molecule has 2 amide bonds. The fourth-order valence-electron chi connectivity index (χ4n) is 1.32. The molecule has 0 aliphatic rings. The molecule has 0 aromatic carbocycles. The van der Waals surface area contributed by atoms with Gasteiger partial charge in [0.15, 0.2) is 0 Å². The SMILES string of the molecule is CC(=O)C(CCCNC(N)=O)NC(C)C. The summed E-state index contributed by atoms with van der Waals surface area (Å²) in [7, 11) is 0. The quantitative estimate of drug-likeness (QED) is 0.537. The van der Waals surface area contributed by atoms with Crippen LogP contribution in [0.3, 0.4) is 0 Å². The molecule has 0 saturated heterocycles. The summed E-state index contributed by atoms with van der Waals surface area (Å²) in [5.41, 5.74) is 4.92. The first-order valence-electron chi connectivity index (χ1n) is 5.23. The van der Waals surface area contributed by atoms with E-state index in [-0.39, 0.29) is 17.9 Å². The van der Waals surface area contributed by atoms with E-state index in [4.69, 9.17) is 5.73 Å². The largest absolute Gasteiger partial charge is 0.352 e. The van der Waals surface area contributed by atoms with Crippen molar-refractivity contribution in [3.63, 3.8) is 0 Å². The third kappa shape index (κ3) is 7.93. The average molecular weight is 215 g/mol. The van der Waals surface area contributed by atoms with Gasteiger partial charge in [-0.2, -0.15) is 0 Å². The molecular formula is C10H21N3O2. The van der Waals surface area contributed by atoms with Gasteiger partial charge in [0.05, 0.1) is 6.04 Å². The summed E-state index contributed by atoms with van der Waals surface area (Å²) in [6, 6.07) is -0.367. The maximum atomic E-state index is 11.2. The van der Waals surface area contributed by atoms with Crippen LogP contribution in [0.4, 0.5) is 4.79 Å². The molecule has 0 aliphatic heterocycles. The van der Waals surface area contributed by atoms with Gasteiger partial charge in [-0.15, -0.1) is 0 Å². The third-order valence-electron chi connectivity index (χ3n) is 1.99. The zero-order valence-electron chi connectivity index (χ0n) is 9.67. The van der Waals surface area contributed by atoms with Crippen LogP contribution in [0.25, 0.3) is 0 Å².